The van der Waals surface area contributed by atoms with Crippen molar-refractivity contribution in [3.05, 3.63) is 41.3 Å². The van der Waals surface area contributed by atoms with Crippen LogP contribution in [0.1, 0.15) is 11.3 Å². The molecule has 0 saturated carbocycles. The summed E-state index contributed by atoms with van der Waals surface area (Å²) in [6, 6.07) is 11.0. The van der Waals surface area contributed by atoms with Crippen LogP contribution in [0.25, 0.3) is 22.2 Å². The van der Waals surface area contributed by atoms with Gasteiger partial charge in [-0.1, -0.05) is 35.5 Å². The molecule has 0 bridgehead atoms. The van der Waals surface area contributed by atoms with Crippen molar-refractivity contribution in [2.45, 2.75) is 18.2 Å². The molecule has 0 amide bonds. The maximum Gasteiger partial charge on any atom is 0.268 e. The van der Waals surface area contributed by atoms with E-state index in [1.807, 2.05) is 30.3 Å². The van der Waals surface area contributed by atoms with E-state index >= 15 is 0 Å². The molecule has 2 aromatic heterocycles. The first kappa shape index (κ1) is 18.7. The molecule has 0 radical (unpaired) electrons. The van der Waals surface area contributed by atoms with E-state index in [0.717, 1.165) is 5.56 Å². The van der Waals surface area contributed by atoms with Crippen molar-refractivity contribution >= 4 is 21.4 Å². The number of ether oxygens (including phenoxy) is 1. The zero-order valence-electron chi connectivity index (χ0n) is 14.4. The number of nitrogens with one attached hydrogen (secondary N) is 1. The van der Waals surface area contributed by atoms with E-state index < -0.39 is 10.0 Å². The summed E-state index contributed by atoms with van der Waals surface area (Å²) < 4.78 is 37.8. The Bertz CT molecular complexity index is 965. The minimum atomic E-state index is -3.59. The molecule has 0 aliphatic heterocycles. The van der Waals surface area contributed by atoms with Crippen molar-refractivity contribution in [2.75, 3.05) is 20.3 Å². The summed E-state index contributed by atoms with van der Waals surface area (Å²) in [6.07, 6.45) is 0.607. The number of nitrogens with zero attached hydrogens (tertiary/aromatic N) is 2. The summed E-state index contributed by atoms with van der Waals surface area (Å²) >= 11 is 1.31. The summed E-state index contributed by atoms with van der Waals surface area (Å²) in [6.45, 7) is 2.58. The highest BCUT2D eigenvalue weighted by molar-refractivity contribution is 7.89. The highest BCUT2D eigenvalue weighted by Crippen LogP contribution is 2.33. The summed E-state index contributed by atoms with van der Waals surface area (Å²) in [4.78, 5) is 5.89. The number of benzene rings is 1. The number of methoxy groups -OCH3 is 1. The summed E-state index contributed by atoms with van der Waals surface area (Å²) in [5.41, 5.74) is 0.837. The third kappa shape index (κ3) is 4.18. The first-order valence-corrected chi connectivity index (χ1v) is 10.3. The second kappa shape index (κ2) is 8.09. The van der Waals surface area contributed by atoms with E-state index in [4.69, 9.17) is 9.26 Å². The second-order valence-electron chi connectivity index (χ2n) is 5.56. The lowest BCUT2D eigenvalue weighted by Gasteiger charge is -2.05. The largest absolute Gasteiger partial charge is 0.385 e. The number of aromatic nitrogens is 2. The van der Waals surface area contributed by atoms with E-state index in [1.54, 1.807) is 20.1 Å². The van der Waals surface area contributed by atoms with Crippen LogP contribution < -0.4 is 4.72 Å². The molecule has 0 saturated heterocycles. The molecule has 0 unspecified atom stereocenters. The number of sulfonamides is 1. The number of hydrogen-bond acceptors (Lipinski definition) is 7. The molecule has 0 atom stereocenters. The van der Waals surface area contributed by atoms with Gasteiger partial charge in [-0.25, -0.2) is 13.1 Å². The first-order valence-electron chi connectivity index (χ1n) is 8.00. The van der Waals surface area contributed by atoms with E-state index in [-0.39, 0.29) is 4.90 Å². The van der Waals surface area contributed by atoms with Gasteiger partial charge in [-0.05, 0) is 19.4 Å². The van der Waals surface area contributed by atoms with Crippen molar-refractivity contribution in [3.8, 4) is 22.2 Å². The fourth-order valence-corrected chi connectivity index (χ4v) is 4.95. The summed E-state index contributed by atoms with van der Waals surface area (Å²) in [5, 5.41) is 3.98. The smallest absolute Gasteiger partial charge is 0.268 e. The predicted molar refractivity (Wildman–Crippen MR) is 99.5 cm³/mol. The maximum absolute atomic E-state index is 12.5. The Balaban J connectivity index is 1.81. The van der Waals surface area contributed by atoms with Gasteiger partial charge in [0.25, 0.3) is 5.89 Å². The highest BCUT2D eigenvalue weighted by atomic mass is 32.2. The second-order valence-corrected chi connectivity index (χ2v) is 8.56. The van der Waals surface area contributed by atoms with Crippen molar-refractivity contribution in [1.29, 1.82) is 0 Å². The Morgan fingerprint density at radius 1 is 1.27 bits per heavy atom. The van der Waals surface area contributed by atoms with Crippen LogP contribution in [-0.4, -0.2) is 38.8 Å². The minimum Gasteiger partial charge on any atom is -0.385 e. The van der Waals surface area contributed by atoms with Gasteiger partial charge >= 0.3 is 0 Å². The Morgan fingerprint density at radius 3 is 2.77 bits per heavy atom. The van der Waals surface area contributed by atoms with Gasteiger partial charge in [-0.3, -0.25) is 0 Å². The minimum absolute atomic E-state index is 0.231. The molecule has 138 valence electrons. The van der Waals surface area contributed by atoms with Crippen LogP contribution in [0.5, 0.6) is 0 Å². The number of rotatable bonds is 8. The average Bonchev–Trinajstić information content (AvgIpc) is 3.27. The number of hydrogen-bond donors (Lipinski definition) is 1. The Kier molecular flexibility index (Phi) is 5.82. The SMILES string of the molecule is COCCCNS(=O)(=O)c1cc(-c2nc(-c3ccccc3)no2)sc1C. The molecule has 0 spiro atoms. The van der Waals surface area contributed by atoms with Gasteiger partial charge in [0.15, 0.2) is 0 Å². The molecular formula is C17H19N3O4S2. The lowest BCUT2D eigenvalue weighted by molar-refractivity contribution is 0.196. The standard InChI is InChI=1S/C17H19N3O4S2/c1-12-15(26(21,22)18-9-6-10-23-2)11-14(25-12)17-19-16(20-24-17)13-7-4-3-5-8-13/h3-5,7-8,11,18H,6,9-10H2,1-2H3. The van der Waals surface area contributed by atoms with Crippen molar-refractivity contribution in [2.24, 2.45) is 0 Å². The first-order chi connectivity index (χ1) is 12.5. The molecule has 0 aliphatic carbocycles. The van der Waals surface area contributed by atoms with Crippen LogP contribution in [0.3, 0.4) is 0 Å². The molecule has 1 aromatic carbocycles. The molecule has 1 N–H and O–H groups in total. The van der Waals surface area contributed by atoms with Gasteiger partial charge in [0.1, 0.15) is 0 Å². The van der Waals surface area contributed by atoms with Crippen LogP contribution in [0.4, 0.5) is 0 Å². The third-order valence-corrected chi connectivity index (χ3v) is 6.40. The van der Waals surface area contributed by atoms with E-state index in [1.165, 1.54) is 11.3 Å². The number of aryl methyl sites for hydroxylation is 1. The quantitative estimate of drug-likeness (QED) is 0.591. The van der Waals surface area contributed by atoms with Crippen molar-refractivity contribution < 1.29 is 17.7 Å². The highest BCUT2D eigenvalue weighted by Gasteiger charge is 2.22. The van der Waals surface area contributed by atoms with Crippen LogP contribution in [-0.2, 0) is 14.8 Å². The molecule has 3 rings (SSSR count). The van der Waals surface area contributed by atoms with Crippen LogP contribution in [0, 0.1) is 6.92 Å². The summed E-state index contributed by atoms with van der Waals surface area (Å²) in [5.74, 6) is 0.770. The Morgan fingerprint density at radius 2 is 2.04 bits per heavy atom. The van der Waals surface area contributed by atoms with Crippen LogP contribution in [0.2, 0.25) is 0 Å². The van der Waals surface area contributed by atoms with Crippen molar-refractivity contribution in [3.63, 3.8) is 0 Å². The van der Waals surface area contributed by atoms with E-state index in [2.05, 4.69) is 14.9 Å². The zero-order valence-corrected chi connectivity index (χ0v) is 16.1. The van der Waals surface area contributed by atoms with Gasteiger partial charge < -0.3 is 9.26 Å². The van der Waals surface area contributed by atoms with Gasteiger partial charge in [0.2, 0.25) is 15.8 Å². The zero-order chi connectivity index (χ0) is 18.6. The third-order valence-electron chi connectivity index (χ3n) is 3.65. The molecule has 0 aliphatic rings. The summed E-state index contributed by atoms with van der Waals surface area (Å²) in [7, 11) is -2.01. The van der Waals surface area contributed by atoms with Crippen molar-refractivity contribution in [1.82, 2.24) is 14.9 Å². The Hall–Kier alpha value is -2.07. The molecule has 9 heteroatoms. The average molecular weight is 393 g/mol. The molecule has 7 nitrogen and oxygen atoms in total. The van der Waals surface area contributed by atoms with Gasteiger partial charge in [-0.2, -0.15) is 4.98 Å². The normalized spacial score (nSPS) is 11.8. The molecular weight excluding hydrogens is 374 g/mol. The lowest BCUT2D eigenvalue weighted by atomic mass is 10.2. The fraction of sp³-hybridized carbons (Fsp3) is 0.294. The Labute approximate surface area is 156 Å². The number of thiophene rings is 1. The molecule has 3 aromatic rings. The van der Waals surface area contributed by atoms with Crippen LogP contribution in [0.15, 0.2) is 45.8 Å². The molecule has 26 heavy (non-hydrogen) atoms. The maximum atomic E-state index is 12.5. The monoisotopic (exact) mass is 393 g/mol. The van der Waals surface area contributed by atoms with Gasteiger partial charge in [0, 0.05) is 30.7 Å². The van der Waals surface area contributed by atoms with Gasteiger partial charge in [-0.15, -0.1) is 11.3 Å². The fourth-order valence-electron chi connectivity index (χ4n) is 2.37. The predicted octanol–water partition coefficient (Wildman–Crippen LogP) is 3.09. The van der Waals surface area contributed by atoms with Gasteiger partial charge in [0.05, 0.1) is 9.77 Å². The lowest BCUT2D eigenvalue weighted by Crippen LogP contribution is -2.25. The van der Waals surface area contributed by atoms with E-state index in [0.29, 0.717) is 41.0 Å². The van der Waals surface area contributed by atoms with Crippen LogP contribution >= 0.6 is 11.3 Å². The topological polar surface area (TPSA) is 94.3 Å². The van der Waals surface area contributed by atoms with E-state index in [9.17, 15) is 8.42 Å². The molecule has 0 fully saturated rings. The molecule has 2 heterocycles.